The third-order valence-corrected chi connectivity index (χ3v) is 9.77. The zero-order valence-corrected chi connectivity index (χ0v) is 20.0. The zero-order valence-electron chi connectivity index (χ0n) is 17.5. The molecule has 31 heavy (non-hydrogen) atoms. The summed E-state index contributed by atoms with van der Waals surface area (Å²) in [7, 11) is -10.3. The summed E-state index contributed by atoms with van der Waals surface area (Å²) >= 11 is 0. The average Bonchev–Trinajstić information content (AvgIpc) is 2.64. The minimum atomic E-state index is -4.44. The molecule has 0 amide bonds. The van der Waals surface area contributed by atoms with Crippen molar-refractivity contribution in [2.75, 3.05) is 0 Å². The molecule has 6 nitrogen and oxygen atoms in total. The maximum absolute atomic E-state index is 12.0. The number of hydrogen-bond acceptors (Lipinski definition) is 4. The minimum Gasteiger partial charge on any atom is -0.282 e. The molecule has 9 heteroatoms. The van der Waals surface area contributed by atoms with E-state index in [1.54, 1.807) is 26.0 Å². The maximum Gasteiger partial charge on any atom is 0.294 e. The molecule has 0 atom stereocenters. The Bertz CT molecular complexity index is 1280. The van der Waals surface area contributed by atoms with Crippen LogP contribution in [-0.4, -0.2) is 25.9 Å². The molecule has 0 fully saturated rings. The van der Waals surface area contributed by atoms with E-state index in [1.807, 2.05) is 44.2 Å². The highest BCUT2D eigenvalue weighted by Crippen LogP contribution is 2.38. The van der Waals surface area contributed by atoms with Crippen LogP contribution in [-0.2, 0) is 20.2 Å². The van der Waals surface area contributed by atoms with Gasteiger partial charge >= 0.3 is 0 Å². The molecule has 3 aromatic carbocycles. The van der Waals surface area contributed by atoms with Crippen molar-refractivity contribution in [3.63, 3.8) is 0 Å². The van der Waals surface area contributed by atoms with Crippen molar-refractivity contribution >= 4 is 44.1 Å². The van der Waals surface area contributed by atoms with E-state index in [9.17, 15) is 25.9 Å². The van der Waals surface area contributed by atoms with Gasteiger partial charge in [0, 0.05) is 0 Å². The van der Waals surface area contributed by atoms with E-state index >= 15 is 0 Å². The first-order valence-corrected chi connectivity index (χ1v) is 13.6. The van der Waals surface area contributed by atoms with Crippen LogP contribution in [0.25, 0.3) is 0 Å². The molecule has 3 aromatic rings. The van der Waals surface area contributed by atoms with Crippen molar-refractivity contribution in [2.45, 2.75) is 37.5 Å². The molecule has 0 unspecified atom stereocenters. The van der Waals surface area contributed by atoms with Crippen LogP contribution in [0.3, 0.4) is 0 Å². The summed E-state index contributed by atoms with van der Waals surface area (Å²) in [5.74, 6) is 0. The largest absolute Gasteiger partial charge is 0.294 e. The Morgan fingerprint density at radius 3 is 1.35 bits per heavy atom. The van der Waals surface area contributed by atoms with Gasteiger partial charge in [-0.15, -0.1) is 0 Å². The highest BCUT2D eigenvalue weighted by molar-refractivity contribution is 7.86. The molecule has 0 aliphatic carbocycles. The first kappa shape index (κ1) is 23.6. The lowest BCUT2D eigenvalue weighted by molar-refractivity contribution is 0.480. The van der Waals surface area contributed by atoms with Crippen LogP contribution in [0.15, 0.2) is 64.4 Å². The quantitative estimate of drug-likeness (QED) is 0.431. The van der Waals surface area contributed by atoms with E-state index in [0.29, 0.717) is 21.7 Å². The summed E-state index contributed by atoms with van der Waals surface area (Å²) in [5.41, 5.74) is 2.47. The van der Waals surface area contributed by atoms with Crippen LogP contribution in [0.4, 0.5) is 0 Å². The second-order valence-electron chi connectivity index (χ2n) is 7.43. The Morgan fingerprint density at radius 2 is 1.00 bits per heavy atom. The molecule has 0 bridgehead atoms. The lowest BCUT2D eigenvalue weighted by Gasteiger charge is -2.25. The average molecular weight is 479 g/mol. The SMILES string of the molecule is Cc1cc(C)c(S(=O)(=O)O)cc1P(c1ccccc1)c1cc(S(=O)(=O)O)c(C)cc1C. The molecule has 0 radical (unpaired) electrons. The molecular weight excluding hydrogens is 455 g/mol. The third-order valence-electron chi connectivity index (χ3n) is 5.04. The van der Waals surface area contributed by atoms with Crippen LogP contribution in [0.1, 0.15) is 22.3 Å². The molecule has 0 spiro atoms. The molecule has 3 rings (SSSR count). The maximum atomic E-state index is 12.0. The van der Waals surface area contributed by atoms with Gasteiger partial charge in [0.15, 0.2) is 0 Å². The lowest BCUT2D eigenvalue weighted by atomic mass is 10.1. The van der Waals surface area contributed by atoms with Gasteiger partial charge < -0.3 is 0 Å². The first-order valence-electron chi connectivity index (χ1n) is 9.33. The molecular formula is C22H23O6PS2. The molecule has 164 valence electrons. The molecule has 0 aliphatic heterocycles. The highest BCUT2D eigenvalue weighted by Gasteiger charge is 2.26. The molecule has 0 saturated heterocycles. The summed E-state index contributed by atoms with van der Waals surface area (Å²) in [6.45, 7) is 6.92. The third kappa shape index (κ3) is 4.89. The van der Waals surface area contributed by atoms with Gasteiger partial charge in [-0.1, -0.05) is 42.5 Å². The second kappa shape index (κ2) is 8.45. The highest BCUT2D eigenvalue weighted by atomic mass is 32.2. The standard InChI is InChI=1S/C22H23O6PS2/c1-14-10-16(3)21(30(23,24)25)12-19(14)29(18-8-6-5-7-9-18)20-13-22(31(26,27)28)17(4)11-15(20)2/h5-13H,1-4H3,(H,23,24,25)(H,26,27,28). The number of benzene rings is 3. The van der Waals surface area contributed by atoms with Crippen LogP contribution in [0.5, 0.6) is 0 Å². The minimum absolute atomic E-state index is 0.184. The van der Waals surface area contributed by atoms with Gasteiger partial charge in [-0.3, -0.25) is 9.11 Å². The number of hydrogen-bond donors (Lipinski definition) is 2. The molecule has 0 heterocycles. The molecule has 0 aromatic heterocycles. The van der Waals surface area contributed by atoms with Crippen LogP contribution in [0, 0.1) is 27.7 Å². The van der Waals surface area contributed by atoms with Gasteiger partial charge in [-0.25, -0.2) is 0 Å². The molecule has 0 aliphatic rings. The van der Waals surface area contributed by atoms with Crippen LogP contribution < -0.4 is 15.9 Å². The second-order valence-corrected chi connectivity index (χ2v) is 12.4. The van der Waals surface area contributed by atoms with E-state index in [1.165, 1.54) is 12.1 Å². The Kier molecular flexibility index (Phi) is 6.42. The van der Waals surface area contributed by atoms with Gasteiger partial charge in [-0.2, -0.15) is 16.8 Å². The summed E-state index contributed by atoms with van der Waals surface area (Å²) in [5, 5.41) is 2.22. The fourth-order valence-corrected chi connectivity index (χ4v) is 7.94. The smallest absolute Gasteiger partial charge is 0.282 e. The van der Waals surface area contributed by atoms with Crippen molar-refractivity contribution in [1.29, 1.82) is 0 Å². The zero-order chi connectivity index (χ0) is 23.1. The summed E-state index contributed by atoms with van der Waals surface area (Å²) in [4.78, 5) is -0.368. The van der Waals surface area contributed by atoms with Gasteiger partial charge in [0.25, 0.3) is 20.2 Å². The van der Waals surface area contributed by atoms with E-state index in [-0.39, 0.29) is 9.79 Å². The fourth-order valence-electron chi connectivity index (χ4n) is 3.67. The normalized spacial score (nSPS) is 12.4. The van der Waals surface area contributed by atoms with E-state index in [4.69, 9.17) is 0 Å². The van der Waals surface area contributed by atoms with Crippen LogP contribution in [0.2, 0.25) is 0 Å². The monoisotopic (exact) mass is 478 g/mol. The first-order chi connectivity index (χ1) is 14.3. The van der Waals surface area contributed by atoms with E-state index in [0.717, 1.165) is 16.4 Å². The Balaban J connectivity index is 2.42. The van der Waals surface area contributed by atoms with Gasteiger partial charge in [0.05, 0.1) is 9.79 Å². The Labute approximate surface area is 184 Å². The summed E-state index contributed by atoms with van der Waals surface area (Å²) in [6.07, 6.45) is 0. The van der Waals surface area contributed by atoms with Crippen molar-refractivity contribution in [3.05, 3.63) is 76.9 Å². The predicted molar refractivity (Wildman–Crippen MR) is 124 cm³/mol. The Morgan fingerprint density at radius 1 is 0.613 bits per heavy atom. The topological polar surface area (TPSA) is 109 Å². The molecule has 2 N–H and O–H groups in total. The predicted octanol–water partition coefficient (Wildman–Crippen LogP) is 3.17. The van der Waals surface area contributed by atoms with Gasteiger partial charge in [-0.05, 0) is 85.9 Å². The van der Waals surface area contributed by atoms with E-state index in [2.05, 4.69) is 0 Å². The fraction of sp³-hybridized carbons (Fsp3) is 0.182. The van der Waals surface area contributed by atoms with Gasteiger partial charge in [0.2, 0.25) is 0 Å². The van der Waals surface area contributed by atoms with Crippen molar-refractivity contribution < 1.29 is 25.9 Å². The summed E-state index contributed by atoms with van der Waals surface area (Å²) < 4.78 is 67.3. The van der Waals surface area contributed by atoms with Gasteiger partial charge in [0.1, 0.15) is 0 Å². The van der Waals surface area contributed by atoms with Crippen molar-refractivity contribution in [2.24, 2.45) is 0 Å². The number of aryl methyl sites for hydroxylation is 4. The lowest BCUT2D eigenvalue weighted by Crippen LogP contribution is -2.26. The van der Waals surface area contributed by atoms with Crippen molar-refractivity contribution in [3.8, 4) is 0 Å². The van der Waals surface area contributed by atoms with E-state index < -0.39 is 28.2 Å². The number of rotatable bonds is 5. The summed E-state index contributed by atoms with van der Waals surface area (Å²) in [6, 6.07) is 15.7. The molecule has 0 saturated carbocycles. The van der Waals surface area contributed by atoms with Crippen molar-refractivity contribution in [1.82, 2.24) is 0 Å². The van der Waals surface area contributed by atoms with Crippen LogP contribution >= 0.6 is 7.92 Å². The Hall–Kier alpha value is -2.09.